The molecule has 2 aromatic rings. The first kappa shape index (κ1) is 16.2. The van der Waals surface area contributed by atoms with Gasteiger partial charge in [0.2, 0.25) is 0 Å². The molecule has 1 nitrogen and oxygen atoms in total. The molecule has 0 saturated carbocycles. The van der Waals surface area contributed by atoms with E-state index < -0.39 is 0 Å². The summed E-state index contributed by atoms with van der Waals surface area (Å²) < 4.78 is 7.58. The molecule has 0 radical (unpaired) electrons. The van der Waals surface area contributed by atoms with Crippen LogP contribution in [0.3, 0.4) is 0 Å². The Morgan fingerprint density at radius 3 is 2.38 bits per heavy atom. The minimum atomic E-state index is 0.365. The Bertz CT molecular complexity index is 774. The van der Waals surface area contributed by atoms with Gasteiger partial charge >= 0.3 is 0 Å². The number of ether oxygens (including phenoxy) is 1. The van der Waals surface area contributed by atoms with E-state index in [2.05, 4.69) is 61.0 Å². The fourth-order valence-corrected chi connectivity index (χ4v) is 4.94. The maximum atomic E-state index is 6.26. The second-order valence-corrected chi connectivity index (χ2v) is 8.32. The van der Waals surface area contributed by atoms with Crippen molar-refractivity contribution in [2.75, 3.05) is 6.61 Å². The van der Waals surface area contributed by atoms with E-state index in [1.807, 2.05) is 0 Å². The van der Waals surface area contributed by atoms with Crippen molar-refractivity contribution >= 4 is 15.9 Å². The molecule has 1 aliphatic heterocycles. The lowest BCUT2D eigenvalue weighted by Gasteiger charge is -2.23. The predicted octanol–water partition coefficient (Wildman–Crippen LogP) is 6.28. The second-order valence-electron chi connectivity index (χ2n) is 7.53. The Balaban J connectivity index is 1.80. The zero-order valence-electron chi connectivity index (χ0n) is 14.8. The first-order valence-electron chi connectivity index (χ1n) is 9.14. The third-order valence-corrected chi connectivity index (χ3v) is 6.81. The lowest BCUT2D eigenvalue weighted by atomic mass is 9.83. The van der Waals surface area contributed by atoms with Gasteiger partial charge in [0.05, 0.1) is 6.61 Å². The van der Waals surface area contributed by atoms with E-state index in [0.29, 0.717) is 11.8 Å². The highest BCUT2D eigenvalue weighted by atomic mass is 79.9. The number of fused-ring (bicyclic) bond motifs is 3. The Kier molecular flexibility index (Phi) is 4.20. The number of hydrogen-bond acceptors (Lipinski definition) is 1. The van der Waals surface area contributed by atoms with Gasteiger partial charge in [-0.3, -0.25) is 0 Å². The van der Waals surface area contributed by atoms with Crippen LogP contribution in [0.4, 0.5) is 0 Å². The number of halogens is 1. The Morgan fingerprint density at radius 2 is 1.71 bits per heavy atom. The van der Waals surface area contributed by atoms with Crippen molar-refractivity contribution in [3.05, 3.63) is 62.1 Å². The summed E-state index contributed by atoms with van der Waals surface area (Å²) in [5, 5.41) is 0. The molecule has 1 atom stereocenters. The van der Waals surface area contributed by atoms with Gasteiger partial charge in [-0.25, -0.2) is 0 Å². The van der Waals surface area contributed by atoms with Crippen LogP contribution in [0.2, 0.25) is 0 Å². The van der Waals surface area contributed by atoms with Crippen molar-refractivity contribution in [1.82, 2.24) is 0 Å². The second kappa shape index (κ2) is 6.22. The van der Waals surface area contributed by atoms with Crippen molar-refractivity contribution in [3.8, 4) is 5.75 Å². The molecule has 0 saturated heterocycles. The predicted molar refractivity (Wildman–Crippen MR) is 103 cm³/mol. The van der Waals surface area contributed by atoms with Crippen LogP contribution >= 0.6 is 15.9 Å². The molecule has 2 heteroatoms. The largest absolute Gasteiger partial charge is 0.492 e. The van der Waals surface area contributed by atoms with E-state index in [4.69, 9.17) is 4.74 Å². The molecule has 1 heterocycles. The minimum absolute atomic E-state index is 0.365. The summed E-state index contributed by atoms with van der Waals surface area (Å²) >= 11 is 3.89. The van der Waals surface area contributed by atoms with Crippen LogP contribution in [0.15, 0.2) is 28.7 Å². The van der Waals surface area contributed by atoms with Gasteiger partial charge in [0, 0.05) is 16.0 Å². The van der Waals surface area contributed by atoms with Crippen molar-refractivity contribution < 1.29 is 4.74 Å². The fraction of sp³-hybridized carbons (Fsp3) is 0.455. The summed E-state index contributed by atoms with van der Waals surface area (Å²) in [7, 11) is 0. The molecular weight excluding hydrogens is 360 g/mol. The number of hydrogen-bond donors (Lipinski definition) is 0. The van der Waals surface area contributed by atoms with Crippen LogP contribution in [-0.4, -0.2) is 6.61 Å². The van der Waals surface area contributed by atoms with E-state index in [-0.39, 0.29) is 0 Å². The molecule has 0 N–H and O–H groups in total. The highest BCUT2D eigenvalue weighted by Gasteiger charge is 2.33. The third-order valence-electron chi connectivity index (χ3n) is 5.73. The van der Waals surface area contributed by atoms with Crippen LogP contribution in [0.25, 0.3) is 0 Å². The van der Waals surface area contributed by atoms with Gasteiger partial charge in [-0.15, -0.1) is 0 Å². The van der Waals surface area contributed by atoms with E-state index in [1.54, 1.807) is 0 Å². The molecule has 0 aromatic heterocycles. The Labute approximate surface area is 153 Å². The minimum Gasteiger partial charge on any atom is -0.492 e. The highest BCUT2D eigenvalue weighted by molar-refractivity contribution is 9.10. The lowest BCUT2D eigenvalue weighted by molar-refractivity contribution is 0.338. The summed E-state index contributed by atoms with van der Waals surface area (Å²) in [6, 6.07) is 9.15. The summed E-state index contributed by atoms with van der Waals surface area (Å²) in [4.78, 5) is 0. The average Bonchev–Trinajstić information content (AvgIpc) is 3.05. The maximum Gasteiger partial charge on any atom is 0.127 e. The monoisotopic (exact) mass is 384 g/mol. The molecule has 2 aliphatic rings. The lowest BCUT2D eigenvalue weighted by Crippen LogP contribution is -2.08. The molecule has 2 aromatic carbocycles. The maximum absolute atomic E-state index is 6.26. The highest BCUT2D eigenvalue weighted by Crippen LogP contribution is 2.48. The van der Waals surface area contributed by atoms with Gasteiger partial charge in [0.15, 0.2) is 0 Å². The zero-order valence-corrected chi connectivity index (χ0v) is 16.4. The van der Waals surface area contributed by atoms with Crippen molar-refractivity contribution in [1.29, 1.82) is 0 Å². The standard InChI is InChI=1S/C22H25BrO/c1-13(2)15-8-10-16(11-9-15)19-12-24-22-18-7-5-4-6-17(18)21(23)14(3)20(19)22/h8-11,13,19H,4-7,12H2,1-3H3. The fourth-order valence-electron chi connectivity index (χ4n) is 4.29. The smallest absolute Gasteiger partial charge is 0.127 e. The third kappa shape index (κ3) is 2.50. The summed E-state index contributed by atoms with van der Waals surface area (Å²) in [5.74, 6) is 2.14. The SMILES string of the molecule is Cc1c(Br)c2c(c3c1C(c1ccc(C(C)C)cc1)CO3)CCCC2. The molecule has 1 unspecified atom stereocenters. The van der Waals surface area contributed by atoms with E-state index in [9.17, 15) is 0 Å². The van der Waals surface area contributed by atoms with Gasteiger partial charge < -0.3 is 4.74 Å². The first-order chi connectivity index (χ1) is 11.6. The summed E-state index contributed by atoms with van der Waals surface area (Å²) in [5.41, 5.74) is 8.54. The van der Waals surface area contributed by atoms with E-state index in [1.165, 1.54) is 62.9 Å². The first-order valence-corrected chi connectivity index (χ1v) is 9.93. The van der Waals surface area contributed by atoms with Crippen molar-refractivity contribution in [2.24, 2.45) is 0 Å². The normalized spacial score (nSPS) is 19.1. The molecule has 4 rings (SSSR count). The zero-order chi connectivity index (χ0) is 16.8. The summed E-state index contributed by atoms with van der Waals surface area (Å²) in [6.45, 7) is 7.52. The van der Waals surface area contributed by atoms with Gasteiger partial charge in [-0.05, 0) is 66.3 Å². The topological polar surface area (TPSA) is 9.23 Å². The van der Waals surface area contributed by atoms with Crippen molar-refractivity contribution in [3.63, 3.8) is 0 Å². The molecule has 1 aliphatic carbocycles. The van der Waals surface area contributed by atoms with Crippen LogP contribution in [-0.2, 0) is 12.8 Å². The van der Waals surface area contributed by atoms with Crippen LogP contribution in [0.1, 0.15) is 71.9 Å². The summed E-state index contributed by atoms with van der Waals surface area (Å²) in [6.07, 6.45) is 4.92. The van der Waals surface area contributed by atoms with Gasteiger partial charge in [-0.1, -0.05) is 54.0 Å². The molecule has 0 amide bonds. The molecule has 0 fully saturated rings. The van der Waals surface area contributed by atoms with Gasteiger partial charge in [-0.2, -0.15) is 0 Å². The van der Waals surface area contributed by atoms with Crippen LogP contribution < -0.4 is 4.74 Å². The molecular formula is C22H25BrO. The molecule has 126 valence electrons. The molecule has 0 spiro atoms. The average molecular weight is 385 g/mol. The quantitative estimate of drug-likeness (QED) is 0.591. The van der Waals surface area contributed by atoms with Crippen LogP contribution in [0, 0.1) is 6.92 Å². The van der Waals surface area contributed by atoms with E-state index >= 15 is 0 Å². The van der Waals surface area contributed by atoms with Gasteiger partial charge in [0.25, 0.3) is 0 Å². The van der Waals surface area contributed by atoms with Crippen LogP contribution in [0.5, 0.6) is 5.75 Å². The number of benzene rings is 2. The number of rotatable bonds is 2. The van der Waals surface area contributed by atoms with Gasteiger partial charge in [0.1, 0.15) is 5.75 Å². The molecule has 24 heavy (non-hydrogen) atoms. The Hall–Kier alpha value is -1.28. The van der Waals surface area contributed by atoms with Crippen molar-refractivity contribution in [2.45, 2.75) is 58.3 Å². The Morgan fingerprint density at radius 1 is 1.04 bits per heavy atom. The molecule has 0 bridgehead atoms. The van der Waals surface area contributed by atoms with E-state index in [0.717, 1.165) is 13.0 Å².